The van der Waals surface area contributed by atoms with Gasteiger partial charge in [0.25, 0.3) is 0 Å². The molecule has 4 nitrogen and oxygen atoms in total. The highest BCUT2D eigenvalue weighted by molar-refractivity contribution is 6.44. The Morgan fingerprint density at radius 2 is 2.06 bits per heavy atom. The number of benzene rings is 1. The summed E-state index contributed by atoms with van der Waals surface area (Å²) in [6, 6.07) is 2.61. The van der Waals surface area contributed by atoms with Crippen LogP contribution in [0.1, 0.15) is 6.92 Å². The fourth-order valence-electron chi connectivity index (χ4n) is 1.03. The lowest BCUT2D eigenvalue weighted by Crippen LogP contribution is -2.32. The molecule has 1 rings (SSSR count). The predicted octanol–water partition coefficient (Wildman–Crippen LogP) is 2.29. The number of methoxy groups -OCH3 is 1. The molecule has 0 aromatic heterocycles. The van der Waals surface area contributed by atoms with Crippen LogP contribution in [0.4, 0.5) is 5.69 Å². The van der Waals surface area contributed by atoms with Gasteiger partial charge in [-0.15, -0.1) is 0 Å². The lowest BCUT2D eigenvalue weighted by molar-refractivity contribution is -0.117. The Balaban J connectivity index is 2.99. The molecule has 0 radical (unpaired) electrons. The van der Waals surface area contributed by atoms with Crippen LogP contribution in [0.25, 0.3) is 0 Å². The zero-order valence-electron chi connectivity index (χ0n) is 8.88. The van der Waals surface area contributed by atoms with Crippen LogP contribution in [0.15, 0.2) is 12.1 Å². The quantitative estimate of drug-likeness (QED) is 0.879. The molecule has 0 saturated carbocycles. The molecule has 0 fully saturated rings. The first-order chi connectivity index (χ1) is 7.47. The SMILES string of the molecule is COc1ccc(NC(=O)C(C)N)c(Cl)c1Cl. The molecule has 1 aromatic rings. The largest absolute Gasteiger partial charge is 0.495 e. The Labute approximate surface area is 104 Å². The summed E-state index contributed by atoms with van der Waals surface area (Å²) in [4.78, 5) is 11.4. The monoisotopic (exact) mass is 262 g/mol. The molecule has 3 N–H and O–H groups in total. The number of amides is 1. The van der Waals surface area contributed by atoms with Crippen molar-refractivity contribution in [3.63, 3.8) is 0 Å². The Hall–Kier alpha value is -0.970. The molecule has 0 saturated heterocycles. The van der Waals surface area contributed by atoms with Gasteiger partial charge in [0.2, 0.25) is 5.91 Å². The molecule has 1 atom stereocenters. The van der Waals surface area contributed by atoms with Crippen molar-refractivity contribution in [1.29, 1.82) is 0 Å². The minimum atomic E-state index is -0.614. The molecule has 0 aliphatic rings. The third-order valence-corrected chi connectivity index (χ3v) is 2.80. The van der Waals surface area contributed by atoms with Crippen molar-refractivity contribution >= 4 is 34.8 Å². The van der Waals surface area contributed by atoms with Gasteiger partial charge in [0, 0.05) is 0 Å². The Morgan fingerprint density at radius 1 is 1.44 bits per heavy atom. The first kappa shape index (κ1) is 13.1. The lowest BCUT2D eigenvalue weighted by Gasteiger charge is -2.12. The summed E-state index contributed by atoms with van der Waals surface area (Å²) in [5.74, 6) is 0.119. The molecule has 1 unspecified atom stereocenters. The van der Waals surface area contributed by atoms with Crippen LogP contribution in [-0.4, -0.2) is 19.1 Å². The number of halogens is 2. The number of ether oxygens (including phenoxy) is 1. The standard InChI is InChI=1S/C10H12Cl2N2O2/c1-5(13)10(15)14-6-3-4-7(16-2)9(12)8(6)11/h3-5H,13H2,1-2H3,(H,14,15). The molecule has 88 valence electrons. The molecule has 16 heavy (non-hydrogen) atoms. The van der Waals surface area contributed by atoms with E-state index in [2.05, 4.69) is 5.32 Å². The third kappa shape index (κ3) is 2.78. The Morgan fingerprint density at radius 3 is 2.56 bits per heavy atom. The fraction of sp³-hybridized carbons (Fsp3) is 0.300. The maximum atomic E-state index is 11.4. The van der Waals surface area contributed by atoms with Gasteiger partial charge in [-0.25, -0.2) is 0 Å². The second-order valence-electron chi connectivity index (χ2n) is 3.22. The van der Waals surface area contributed by atoms with Crippen molar-refractivity contribution in [3.05, 3.63) is 22.2 Å². The summed E-state index contributed by atoms with van der Waals surface area (Å²) >= 11 is 11.9. The number of anilines is 1. The van der Waals surface area contributed by atoms with E-state index >= 15 is 0 Å². The van der Waals surface area contributed by atoms with Crippen molar-refractivity contribution in [2.45, 2.75) is 13.0 Å². The molecule has 0 spiro atoms. The van der Waals surface area contributed by atoms with Gasteiger partial charge in [-0.3, -0.25) is 4.79 Å². The zero-order chi connectivity index (χ0) is 12.3. The summed E-state index contributed by atoms with van der Waals surface area (Å²) < 4.78 is 4.98. The number of hydrogen-bond acceptors (Lipinski definition) is 3. The van der Waals surface area contributed by atoms with E-state index in [9.17, 15) is 4.79 Å². The molecule has 0 bridgehead atoms. The normalized spacial score (nSPS) is 12.1. The summed E-state index contributed by atoms with van der Waals surface area (Å²) in [5.41, 5.74) is 5.83. The van der Waals surface area contributed by atoms with Crippen molar-refractivity contribution in [1.82, 2.24) is 0 Å². The summed E-state index contributed by atoms with van der Waals surface area (Å²) in [7, 11) is 1.48. The molecule has 1 aromatic carbocycles. The first-order valence-corrected chi connectivity index (χ1v) is 5.31. The number of carbonyl (C=O) groups excluding carboxylic acids is 1. The second kappa shape index (κ2) is 5.39. The van der Waals surface area contributed by atoms with E-state index in [1.54, 1.807) is 19.1 Å². The molecular formula is C10H12Cl2N2O2. The molecular weight excluding hydrogens is 251 g/mol. The third-order valence-electron chi connectivity index (χ3n) is 1.94. The van der Waals surface area contributed by atoms with Crippen molar-refractivity contribution < 1.29 is 9.53 Å². The van der Waals surface area contributed by atoms with Gasteiger partial charge in [-0.1, -0.05) is 23.2 Å². The van der Waals surface area contributed by atoms with Gasteiger partial charge >= 0.3 is 0 Å². The zero-order valence-corrected chi connectivity index (χ0v) is 10.4. The number of hydrogen-bond donors (Lipinski definition) is 2. The molecule has 0 aliphatic heterocycles. The maximum Gasteiger partial charge on any atom is 0.241 e. The molecule has 1 amide bonds. The molecule has 0 heterocycles. The Bertz CT molecular complexity index is 408. The Kier molecular flexibility index (Phi) is 4.41. The lowest BCUT2D eigenvalue weighted by atomic mass is 10.2. The van der Waals surface area contributed by atoms with Gasteiger partial charge in [-0.05, 0) is 19.1 Å². The first-order valence-electron chi connectivity index (χ1n) is 4.55. The summed E-state index contributed by atoms with van der Waals surface area (Å²) in [5, 5.41) is 3.05. The predicted molar refractivity (Wildman–Crippen MR) is 65.3 cm³/mol. The van der Waals surface area contributed by atoms with E-state index < -0.39 is 6.04 Å². The maximum absolute atomic E-state index is 11.4. The smallest absolute Gasteiger partial charge is 0.241 e. The van der Waals surface area contributed by atoms with Gasteiger partial charge in [-0.2, -0.15) is 0 Å². The molecule has 6 heteroatoms. The van der Waals surface area contributed by atoms with Gasteiger partial charge in [0.1, 0.15) is 10.8 Å². The fourth-order valence-corrected chi connectivity index (χ4v) is 1.48. The summed E-state index contributed by atoms with van der Waals surface area (Å²) in [6.07, 6.45) is 0. The van der Waals surface area contributed by atoms with Crippen molar-refractivity contribution in [2.24, 2.45) is 5.73 Å². The van der Waals surface area contributed by atoms with Crippen LogP contribution in [0.5, 0.6) is 5.75 Å². The van der Waals surface area contributed by atoms with Crippen LogP contribution in [0.3, 0.4) is 0 Å². The number of carbonyl (C=O) groups is 1. The van der Waals surface area contributed by atoms with Crippen LogP contribution in [0, 0.1) is 0 Å². The van der Waals surface area contributed by atoms with E-state index in [1.807, 2.05) is 0 Å². The number of nitrogens with two attached hydrogens (primary N) is 1. The van der Waals surface area contributed by atoms with Crippen LogP contribution >= 0.6 is 23.2 Å². The topological polar surface area (TPSA) is 64.3 Å². The van der Waals surface area contributed by atoms with Gasteiger partial charge in [0.05, 0.1) is 23.9 Å². The molecule has 0 aliphatic carbocycles. The van der Waals surface area contributed by atoms with E-state index in [1.165, 1.54) is 7.11 Å². The summed E-state index contributed by atoms with van der Waals surface area (Å²) in [6.45, 7) is 1.58. The average Bonchev–Trinajstić information content (AvgIpc) is 2.25. The average molecular weight is 263 g/mol. The number of rotatable bonds is 3. The highest BCUT2D eigenvalue weighted by Gasteiger charge is 2.14. The number of nitrogens with one attached hydrogen (secondary N) is 1. The van der Waals surface area contributed by atoms with E-state index in [-0.39, 0.29) is 16.0 Å². The minimum absolute atomic E-state index is 0.231. The van der Waals surface area contributed by atoms with E-state index in [0.717, 1.165) is 0 Å². The van der Waals surface area contributed by atoms with Crippen molar-refractivity contribution in [3.8, 4) is 5.75 Å². The van der Waals surface area contributed by atoms with Crippen LogP contribution in [0.2, 0.25) is 10.0 Å². The van der Waals surface area contributed by atoms with Gasteiger partial charge in [0.15, 0.2) is 0 Å². The van der Waals surface area contributed by atoms with E-state index in [4.69, 9.17) is 33.7 Å². The second-order valence-corrected chi connectivity index (χ2v) is 3.98. The van der Waals surface area contributed by atoms with Crippen LogP contribution in [-0.2, 0) is 4.79 Å². The highest BCUT2D eigenvalue weighted by atomic mass is 35.5. The van der Waals surface area contributed by atoms with Gasteiger partial charge < -0.3 is 15.8 Å². The highest BCUT2D eigenvalue weighted by Crippen LogP contribution is 2.37. The van der Waals surface area contributed by atoms with Crippen LogP contribution < -0.4 is 15.8 Å². The van der Waals surface area contributed by atoms with E-state index in [0.29, 0.717) is 11.4 Å². The minimum Gasteiger partial charge on any atom is -0.495 e. The van der Waals surface area contributed by atoms with Crippen molar-refractivity contribution in [2.75, 3.05) is 12.4 Å².